The van der Waals surface area contributed by atoms with Crippen molar-refractivity contribution in [1.29, 1.82) is 5.26 Å². The summed E-state index contributed by atoms with van der Waals surface area (Å²) >= 11 is 5.87. The molecule has 0 amide bonds. The Morgan fingerprint density at radius 3 is 2.82 bits per heavy atom. The zero-order valence-corrected chi connectivity index (χ0v) is 13.1. The van der Waals surface area contributed by atoms with Gasteiger partial charge in [-0.05, 0) is 36.3 Å². The van der Waals surface area contributed by atoms with Crippen LogP contribution in [0.3, 0.4) is 0 Å². The summed E-state index contributed by atoms with van der Waals surface area (Å²) in [4.78, 5) is 0. The molecule has 1 aliphatic heterocycles. The lowest BCUT2D eigenvalue weighted by Gasteiger charge is -2.42. The van der Waals surface area contributed by atoms with Crippen LogP contribution in [0.15, 0.2) is 18.2 Å². The molecular weight excluding hydrogens is 303 g/mol. The largest absolute Gasteiger partial charge is 0.396 e. The fourth-order valence-corrected chi connectivity index (χ4v) is 4.05. The van der Waals surface area contributed by atoms with E-state index in [1.54, 1.807) is 12.1 Å². The number of rotatable bonds is 4. The van der Waals surface area contributed by atoms with Gasteiger partial charge in [-0.3, -0.25) is 0 Å². The summed E-state index contributed by atoms with van der Waals surface area (Å²) in [6, 6.07) is 7.32. The van der Waals surface area contributed by atoms with E-state index in [1.165, 1.54) is 6.07 Å². The van der Waals surface area contributed by atoms with E-state index in [4.69, 9.17) is 11.6 Å². The lowest BCUT2D eigenvalue weighted by molar-refractivity contribution is 0.0252. The van der Waals surface area contributed by atoms with Crippen LogP contribution < -0.4 is 5.32 Å². The minimum absolute atomic E-state index is 0.000770. The van der Waals surface area contributed by atoms with Gasteiger partial charge in [0.25, 0.3) is 0 Å². The molecule has 3 unspecified atom stereocenters. The summed E-state index contributed by atoms with van der Waals surface area (Å²) in [7, 11) is 0. The zero-order chi connectivity index (χ0) is 15.7. The molecule has 3 atom stereocenters. The van der Waals surface area contributed by atoms with Gasteiger partial charge in [-0.25, -0.2) is 4.39 Å². The molecule has 0 radical (unpaired) electrons. The van der Waals surface area contributed by atoms with Gasteiger partial charge < -0.3 is 10.4 Å². The zero-order valence-electron chi connectivity index (χ0n) is 12.4. The first kappa shape index (κ1) is 15.7. The van der Waals surface area contributed by atoms with Crippen molar-refractivity contribution in [1.82, 2.24) is 5.32 Å². The van der Waals surface area contributed by atoms with E-state index in [9.17, 15) is 14.8 Å². The molecule has 1 aliphatic carbocycles. The van der Waals surface area contributed by atoms with Crippen molar-refractivity contribution in [2.24, 2.45) is 11.3 Å². The van der Waals surface area contributed by atoms with Gasteiger partial charge in [0.05, 0.1) is 17.0 Å². The number of benzene rings is 1. The molecule has 1 aromatic carbocycles. The highest BCUT2D eigenvalue weighted by molar-refractivity contribution is 6.30. The Labute approximate surface area is 135 Å². The molecule has 0 bridgehead atoms. The minimum Gasteiger partial charge on any atom is -0.396 e. The number of hydrogen-bond acceptors (Lipinski definition) is 3. The molecule has 3 rings (SSSR count). The number of hydrogen-bond donors (Lipinski definition) is 2. The average Bonchev–Trinajstić information content (AvgIpc) is 2.88. The Bertz CT molecular complexity index is 591. The normalized spacial score (nSPS) is 29.8. The summed E-state index contributed by atoms with van der Waals surface area (Å²) < 4.78 is 14.3. The van der Waals surface area contributed by atoms with Crippen molar-refractivity contribution < 1.29 is 9.50 Å². The fourth-order valence-electron chi connectivity index (χ4n) is 3.87. The summed E-state index contributed by atoms with van der Waals surface area (Å²) in [6.45, 7) is 0.737. The van der Waals surface area contributed by atoms with Crippen LogP contribution in [-0.4, -0.2) is 24.3 Å². The Morgan fingerprint density at radius 1 is 1.45 bits per heavy atom. The van der Waals surface area contributed by atoms with Gasteiger partial charge in [0.1, 0.15) is 5.82 Å². The molecule has 1 aromatic rings. The molecule has 0 spiro atoms. The number of nitrogens with zero attached hydrogens (tertiary/aromatic N) is 1. The van der Waals surface area contributed by atoms with E-state index in [-0.39, 0.29) is 34.9 Å². The third-order valence-corrected chi connectivity index (χ3v) is 5.69. The van der Waals surface area contributed by atoms with E-state index in [2.05, 4.69) is 11.4 Å². The number of aliphatic hydroxyl groups excluding tert-OH is 1. The highest BCUT2D eigenvalue weighted by atomic mass is 35.5. The summed E-state index contributed by atoms with van der Waals surface area (Å²) in [6.07, 6.45) is 3.93. The molecule has 2 N–H and O–H groups in total. The third-order valence-electron chi connectivity index (χ3n) is 5.40. The van der Waals surface area contributed by atoms with Crippen LogP contribution in [0, 0.1) is 28.5 Å². The van der Waals surface area contributed by atoms with Crippen LogP contribution >= 0.6 is 11.6 Å². The minimum atomic E-state index is -0.419. The van der Waals surface area contributed by atoms with Crippen molar-refractivity contribution in [2.75, 3.05) is 13.2 Å². The van der Waals surface area contributed by atoms with Crippen LogP contribution in [0.25, 0.3) is 0 Å². The molecule has 0 aromatic heterocycles. The summed E-state index contributed by atoms with van der Waals surface area (Å²) in [5, 5.41) is 22.7. The Balaban J connectivity index is 1.81. The molecule has 118 valence electrons. The third kappa shape index (κ3) is 2.62. The number of nitrogens with one attached hydrogen (secondary N) is 1. The standard InChI is InChI=1S/C17H20ClFN2O/c18-14-4-1-3-11(16(14)19)13-9-21-15(12(13)8-20)7-17(10-22)5-2-6-17/h1,3-4,12-13,15,21-22H,2,5-7,9-10H2. The molecule has 22 heavy (non-hydrogen) atoms. The number of aliphatic hydroxyl groups is 1. The van der Waals surface area contributed by atoms with Gasteiger partial charge >= 0.3 is 0 Å². The maximum absolute atomic E-state index is 14.3. The van der Waals surface area contributed by atoms with Crippen LogP contribution in [0.5, 0.6) is 0 Å². The lowest BCUT2D eigenvalue weighted by Crippen LogP contribution is -2.41. The lowest BCUT2D eigenvalue weighted by atomic mass is 9.64. The monoisotopic (exact) mass is 322 g/mol. The van der Waals surface area contributed by atoms with Crippen molar-refractivity contribution in [2.45, 2.75) is 37.6 Å². The highest BCUT2D eigenvalue weighted by Gasteiger charge is 2.45. The fraction of sp³-hybridized carbons (Fsp3) is 0.588. The first-order chi connectivity index (χ1) is 10.6. The van der Waals surface area contributed by atoms with Gasteiger partial charge in [0.15, 0.2) is 0 Å². The predicted octanol–water partition coefficient (Wildman–Crippen LogP) is 3.23. The molecule has 5 heteroatoms. The predicted molar refractivity (Wildman–Crippen MR) is 83.0 cm³/mol. The van der Waals surface area contributed by atoms with Gasteiger partial charge in [-0.15, -0.1) is 0 Å². The second-order valence-corrected chi connectivity index (χ2v) is 7.04. The highest BCUT2D eigenvalue weighted by Crippen LogP contribution is 2.47. The van der Waals surface area contributed by atoms with E-state index < -0.39 is 5.82 Å². The summed E-state index contributed by atoms with van der Waals surface area (Å²) in [5.41, 5.74) is 0.467. The van der Waals surface area contributed by atoms with Gasteiger partial charge in [-0.1, -0.05) is 30.2 Å². The van der Waals surface area contributed by atoms with E-state index >= 15 is 0 Å². The molecule has 1 saturated carbocycles. The quantitative estimate of drug-likeness (QED) is 0.895. The first-order valence-electron chi connectivity index (χ1n) is 7.78. The average molecular weight is 323 g/mol. The Hall–Kier alpha value is -1.15. The van der Waals surface area contributed by atoms with Crippen LogP contribution in [-0.2, 0) is 0 Å². The van der Waals surface area contributed by atoms with Gasteiger partial charge in [0, 0.05) is 25.1 Å². The Morgan fingerprint density at radius 2 is 2.23 bits per heavy atom. The molecular formula is C17H20ClFN2O. The van der Waals surface area contributed by atoms with Crippen molar-refractivity contribution in [3.8, 4) is 6.07 Å². The van der Waals surface area contributed by atoms with E-state index in [0.717, 1.165) is 25.7 Å². The van der Waals surface area contributed by atoms with Crippen molar-refractivity contribution in [3.63, 3.8) is 0 Å². The maximum Gasteiger partial charge on any atom is 0.145 e. The number of nitriles is 1. The smallest absolute Gasteiger partial charge is 0.145 e. The molecule has 2 fully saturated rings. The number of halogens is 2. The van der Waals surface area contributed by atoms with E-state index in [1.807, 2.05) is 0 Å². The molecule has 1 heterocycles. The van der Waals surface area contributed by atoms with Crippen LogP contribution in [0.1, 0.15) is 37.2 Å². The first-order valence-corrected chi connectivity index (χ1v) is 8.16. The van der Waals surface area contributed by atoms with E-state index in [0.29, 0.717) is 12.1 Å². The maximum atomic E-state index is 14.3. The second-order valence-electron chi connectivity index (χ2n) is 6.63. The van der Waals surface area contributed by atoms with Crippen molar-refractivity contribution in [3.05, 3.63) is 34.6 Å². The summed E-state index contributed by atoms with van der Waals surface area (Å²) in [5.74, 6) is -0.904. The second kappa shape index (κ2) is 6.16. The van der Waals surface area contributed by atoms with Gasteiger partial charge in [-0.2, -0.15) is 5.26 Å². The molecule has 1 saturated heterocycles. The van der Waals surface area contributed by atoms with Crippen LogP contribution in [0.2, 0.25) is 5.02 Å². The van der Waals surface area contributed by atoms with Crippen LogP contribution in [0.4, 0.5) is 4.39 Å². The Kier molecular flexibility index (Phi) is 4.40. The molecule has 3 nitrogen and oxygen atoms in total. The van der Waals surface area contributed by atoms with Gasteiger partial charge in [0.2, 0.25) is 0 Å². The van der Waals surface area contributed by atoms with Crippen molar-refractivity contribution >= 4 is 11.6 Å². The topological polar surface area (TPSA) is 56.0 Å². The SMILES string of the molecule is N#CC1C(CC2(CO)CCC2)NCC1c1cccc(Cl)c1F. The molecule has 2 aliphatic rings.